The van der Waals surface area contributed by atoms with Gasteiger partial charge in [-0.3, -0.25) is 13.7 Å². The number of carbonyl (C=O) groups is 1. The molecule has 1 N–H and O–H groups in total. The predicted molar refractivity (Wildman–Crippen MR) is 64.9 cm³/mol. The van der Waals surface area contributed by atoms with Crippen LogP contribution in [0.5, 0.6) is 0 Å². The lowest BCUT2D eigenvalue weighted by Gasteiger charge is -2.20. The first-order valence-corrected chi connectivity index (χ1v) is 6.40. The third kappa shape index (κ3) is 3.04. The minimum Gasteiger partial charge on any atom is -0.289 e. The second kappa shape index (κ2) is 6.21. The average molecular weight is 298 g/mol. The van der Waals surface area contributed by atoms with E-state index in [0.29, 0.717) is 6.42 Å². The quantitative estimate of drug-likeness (QED) is 0.671. The molecule has 18 heavy (non-hydrogen) atoms. The molecule has 0 aliphatic carbocycles. The van der Waals surface area contributed by atoms with Crippen molar-refractivity contribution in [1.29, 1.82) is 0 Å². The Balaban J connectivity index is 3.37. The van der Waals surface area contributed by atoms with Gasteiger partial charge in [-0.15, -0.1) is 0 Å². The molecule has 4 nitrogen and oxygen atoms in total. The largest absolute Gasteiger partial charge is 0.289 e. The number of carbonyl (C=O) groups excluding carboxylic acids is 1. The molecule has 0 saturated carbocycles. The number of halogens is 3. The van der Waals surface area contributed by atoms with Crippen molar-refractivity contribution < 1.29 is 22.3 Å². The Morgan fingerprint density at radius 2 is 2.11 bits per heavy atom. The fraction of sp³-hybridized carbons (Fsp3) is 0.300. The first-order valence-electron chi connectivity index (χ1n) is 4.96. The van der Waals surface area contributed by atoms with E-state index in [-0.39, 0.29) is 12.2 Å². The summed E-state index contributed by atoms with van der Waals surface area (Å²) >= 11 is 2.60. The van der Waals surface area contributed by atoms with Gasteiger partial charge in [0.25, 0.3) is 16.5 Å². The molecule has 1 unspecified atom stereocenters. The molecule has 1 atom stereocenters. The van der Waals surface area contributed by atoms with Gasteiger partial charge >= 0.3 is 0 Å². The van der Waals surface area contributed by atoms with E-state index in [1.54, 1.807) is 6.92 Å². The zero-order valence-corrected chi connectivity index (χ0v) is 10.9. The summed E-state index contributed by atoms with van der Waals surface area (Å²) in [6, 6.07) is 1.81. The second-order valence-corrected chi connectivity index (χ2v) is 4.61. The van der Waals surface area contributed by atoms with Crippen LogP contribution in [-0.4, -0.2) is 20.5 Å². The Morgan fingerprint density at radius 3 is 2.56 bits per heavy atom. The van der Waals surface area contributed by atoms with Gasteiger partial charge in [-0.05, 0) is 30.2 Å². The lowest BCUT2D eigenvalue weighted by atomic mass is 10.2. The number of hydrogen-bond donors (Lipinski definition) is 1. The summed E-state index contributed by atoms with van der Waals surface area (Å²) in [6.45, 7) is 1.79. The van der Waals surface area contributed by atoms with Crippen molar-refractivity contribution in [3.05, 3.63) is 29.3 Å². The molecule has 0 heterocycles. The molecule has 0 aliphatic heterocycles. The lowest BCUT2D eigenvalue weighted by molar-refractivity contribution is 0.107. The minimum absolute atomic E-state index is 0.0710. The van der Waals surface area contributed by atoms with Gasteiger partial charge in [-0.25, -0.2) is 13.0 Å². The van der Waals surface area contributed by atoms with Gasteiger partial charge in [-0.1, -0.05) is 6.92 Å². The van der Waals surface area contributed by atoms with E-state index in [1.807, 2.05) is 0 Å². The molecule has 0 bridgehead atoms. The zero-order chi connectivity index (χ0) is 13.9. The van der Waals surface area contributed by atoms with E-state index in [0.717, 1.165) is 16.4 Å². The van der Waals surface area contributed by atoms with Crippen LogP contribution in [0.15, 0.2) is 12.1 Å². The van der Waals surface area contributed by atoms with E-state index < -0.39 is 33.7 Å². The Labute approximate surface area is 110 Å². The van der Waals surface area contributed by atoms with Crippen LogP contribution in [0.4, 0.5) is 14.5 Å². The van der Waals surface area contributed by atoms with E-state index in [4.69, 9.17) is 16.2 Å². The first kappa shape index (κ1) is 15.0. The maximum absolute atomic E-state index is 13.9. The van der Waals surface area contributed by atoms with Crippen molar-refractivity contribution in [2.45, 2.75) is 13.3 Å². The molecule has 0 spiro atoms. The molecule has 1 aromatic rings. The number of benzene rings is 1. The number of nitrogens with zero attached hydrogens (tertiary/aromatic N) is 1. The van der Waals surface area contributed by atoms with Crippen LogP contribution in [0.25, 0.3) is 0 Å². The SMILES string of the molecule is CCCN(c1ccc(F)c(C(=O)Cl)c1F)S(=O)O. The van der Waals surface area contributed by atoms with Crippen molar-refractivity contribution in [3.63, 3.8) is 0 Å². The third-order valence-electron chi connectivity index (χ3n) is 2.15. The molecular weight excluding hydrogens is 288 g/mol. The Bertz CT molecular complexity index is 498. The van der Waals surface area contributed by atoms with E-state index in [2.05, 4.69) is 0 Å². The molecule has 1 rings (SSSR count). The molecule has 0 fully saturated rings. The summed E-state index contributed by atoms with van der Waals surface area (Å²) in [6.07, 6.45) is 0.466. The van der Waals surface area contributed by atoms with Crippen LogP contribution in [0, 0.1) is 11.6 Å². The van der Waals surface area contributed by atoms with Crippen LogP contribution in [-0.2, 0) is 11.3 Å². The normalized spacial score (nSPS) is 12.3. The summed E-state index contributed by atoms with van der Waals surface area (Å²) in [5.74, 6) is -2.36. The van der Waals surface area contributed by atoms with E-state index in [1.165, 1.54) is 0 Å². The van der Waals surface area contributed by atoms with Crippen molar-refractivity contribution in [2.24, 2.45) is 0 Å². The Kier molecular flexibility index (Phi) is 5.18. The minimum atomic E-state index is -2.48. The van der Waals surface area contributed by atoms with Crippen molar-refractivity contribution in [3.8, 4) is 0 Å². The molecule has 100 valence electrons. The van der Waals surface area contributed by atoms with Crippen LogP contribution < -0.4 is 4.31 Å². The summed E-state index contributed by atoms with van der Waals surface area (Å²) in [7, 11) is 0. The van der Waals surface area contributed by atoms with E-state index >= 15 is 0 Å². The summed E-state index contributed by atoms with van der Waals surface area (Å²) in [5.41, 5.74) is -1.27. The molecule has 8 heteroatoms. The van der Waals surface area contributed by atoms with Gasteiger partial charge in [-0.2, -0.15) is 0 Å². The monoisotopic (exact) mass is 297 g/mol. The number of anilines is 1. The molecule has 0 aromatic heterocycles. The van der Waals surface area contributed by atoms with Crippen LogP contribution >= 0.6 is 11.6 Å². The van der Waals surface area contributed by atoms with E-state index in [9.17, 15) is 17.8 Å². The highest BCUT2D eigenvalue weighted by molar-refractivity contribution is 7.80. The lowest BCUT2D eigenvalue weighted by Crippen LogP contribution is -2.27. The molecule has 0 amide bonds. The number of hydrogen-bond acceptors (Lipinski definition) is 2. The van der Waals surface area contributed by atoms with Gasteiger partial charge in [0.15, 0.2) is 5.82 Å². The highest BCUT2D eigenvalue weighted by atomic mass is 35.5. The van der Waals surface area contributed by atoms with Crippen molar-refractivity contribution in [2.75, 3.05) is 10.8 Å². The van der Waals surface area contributed by atoms with Gasteiger partial charge in [0.05, 0.1) is 5.69 Å². The van der Waals surface area contributed by atoms with Crippen LogP contribution in [0.1, 0.15) is 23.7 Å². The summed E-state index contributed by atoms with van der Waals surface area (Å²) in [5, 5.41) is -1.30. The average Bonchev–Trinajstić information content (AvgIpc) is 2.26. The van der Waals surface area contributed by atoms with Gasteiger partial charge in [0, 0.05) is 6.54 Å². The topological polar surface area (TPSA) is 57.6 Å². The fourth-order valence-corrected chi connectivity index (χ4v) is 2.22. The summed E-state index contributed by atoms with van der Waals surface area (Å²) < 4.78 is 48.0. The highest BCUT2D eigenvalue weighted by Crippen LogP contribution is 2.26. The molecular formula is C10H10ClF2NO3S. The first-order chi connectivity index (χ1) is 8.40. The fourth-order valence-electron chi connectivity index (χ4n) is 1.40. The molecule has 0 aliphatic rings. The summed E-state index contributed by atoms with van der Waals surface area (Å²) in [4.78, 5) is 10.9. The predicted octanol–water partition coefficient (Wildman–Crippen LogP) is 2.70. The standard InChI is InChI=1S/C10H10ClF2NO3S/c1-2-5-14(18(16)17)7-4-3-6(12)8(9(7)13)10(11)15/h3-4H,2,5H2,1H3,(H,16,17). The molecule has 0 radical (unpaired) electrons. The van der Waals surface area contributed by atoms with Crippen LogP contribution in [0.3, 0.4) is 0 Å². The maximum Gasteiger partial charge on any atom is 0.261 e. The van der Waals surface area contributed by atoms with Gasteiger partial charge in [0.2, 0.25) is 0 Å². The number of rotatable bonds is 5. The third-order valence-corrected chi connectivity index (χ3v) is 3.10. The molecule has 1 aromatic carbocycles. The van der Waals surface area contributed by atoms with Crippen molar-refractivity contribution in [1.82, 2.24) is 0 Å². The smallest absolute Gasteiger partial charge is 0.261 e. The highest BCUT2D eigenvalue weighted by Gasteiger charge is 2.23. The van der Waals surface area contributed by atoms with Crippen LogP contribution in [0.2, 0.25) is 0 Å². The van der Waals surface area contributed by atoms with Gasteiger partial charge in [0.1, 0.15) is 11.4 Å². The maximum atomic E-state index is 13.9. The zero-order valence-electron chi connectivity index (χ0n) is 9.32. The second-order valence-electron chi connectivity index (χ2n) is 3.36. The Morgan fingerprint density at radius 1 is 1.50 bits per heavy atom. The van der Waals surface area contributed by atoms with Crippen molar-refractivity contribution >= 4 is 33.8 Å². The molecule has 0 saturated heterocycles. The van der Waals surface area contributed by atoms with Gasteiger partial charge < -0.3 is 0 Å². The Hall–Kier alpha value is -1.05.